The first-order valence-electron chi connectivity index (χ1n) is 6.21. The number of amides is 1. The lowest BCUT2D eigenvalue weighted by Crippen LogP contribution is -2.32. The second-order valence-electron chi connectivity index (χ2n) is 4.80. The van der Waals surface area contributed by atoms with E-state index in [2.05, 4.69) is 15.6 Å². The molecule has 4 N–H and O–H groups in total. The summed E-state index contributed by atoms with van der Waals surface area (Å²) in [6.45, 7) is 4.87. The molecule has 0 spiro atoms. The van der Waals surface area contributed by atoms with E-state index in [9.17, 15) is 4.79 Å². The molecular weight excluding hydrogens is 244 g/mol. The molecule has 0 atom stereocenters. The van der Waals surface area contributed by atoms with E-state index in [1.54, 1.807) is 18.2 Å². The van der Waals surface area contributed by atoms with Gasteiger partial charge in [-0.25, -0.2) is 0 Å². The summed E-state index contributed by atoms with van der Waals surface area (Å²) in [5.74, 6) is 0.340. The van der Waals surface area contributed by atoms with Crippen LogP contribution in [0.2, 0.25) is 0 Å². The predicted octanol–water partition coefficient (Wildman–Crippen LogP) is 1.59. The number of carbonyl (C=O) groups excluding carboxylic acids is 1. The standard InChI is InChI=1S/C13H18N4O2/c1-8(2)6-15-12(18)7-16-13-17-10-5-9(14)3-4-11(10)19-13/h3-5,8H,6-7,14H2,1-2H3,(H,15,18)(H,16,17). The number of benzene rings is 1. The minimum Gasteiger partial charge on any atom is -0.424 e. The zero-order chi connectivity index (χ0) is 13.8. The van der Waals surface area contributed by atoms with E-state index in [4.69, 9.17) is 10.2 Å². The van der Waals surface area contributed by atoms with Crippen molar-refractivity contribution in [1.29, 1.82) is 0 Å². The highest BCUT2D eigenvalue weighted by Crippen LogP contribution is 2.20. The van der Waals surface area contributed by atoms with Crippen molar-refractivity contribution in [2.45, 2.75) is 13.8 Å². The number of carbonyl (C=O) groups is 1. The maximum atomic E-state index is 11.5. The molecule has 0 saturated carbocycles. The Labute approximate surface area is 111 Å². The van der Waals surface area contributed by atoms with Crippen molar-refractivity contribution < 1.29 is 9.21 Å². The molecule has 0 unspecified atom stereocenters. The minimum absolute atomic E-state index is 0.0875. The number of nitrogens with two attached hydrogens (primary N) is 1. The van der Waals surface area contributed by atoms with Crippen molar-refractivity contribution in [1.82, 2.24) is 10.3 Å². The third-order valence-electron chi connectivity index (χ3n) is 2.52. The van der Waals surface area contributed by atoms with Crippen LogP contribution in [0.15, 0.2) is 22.6 Å². The molecule has 0 aliphatic rings. The van der Waals surface area contributed by atoms with Crippen molar-refractivity contribution in [2.75, 3.05) is 24.1 Å². The van der Waals surface area contributed by atoms with E-state index < -0.39 is 0 Å². The van der Waals surface area contributed by atoms with Crippen LogP contribution in [-0.2, 0) is 4.79 Å². The Hall–Kier alpha value is -2.24. The van der Waals surface area contributed by atoms with Crippen LogP contribution in [0, 0.1) is 5.92 Å². The summed E-state index contributed by atoms with van der Waals surface area (Å²) in [6.07, 6.45) is 0. The SMILES string of the molecule is CC(C)CNC(=O)CNc1nc2cc(N)ccc2o1. The van der Waals surface area contributed by atoms with Crippen LogP contribution in [-0.4, -0.2) is 24.0 Å². The molecule has 0 saturated heterocycles. The highest BCUT2D eigenvalue weighted by Gasteiger charge is 2.07. The normalized spacial score (nSPS) is 10.9. The van der Waals surface area contributed by atoms with Gasteiger partial charge in [0.05, 0.1) is 6.54 Å². The van der Waals surface area contributed by atoms with E-state index in [0.717, 1.165) is 0 Å². The van der Waals surface area contributed by atoms with Crippen LogP contribution in [0.3, 0.4) is 0 Å². The van der Waals surface area contributed by atoms with Gasteiger partial charge in [-0.05, 0) is 24.1 Å². The van der Waals surface area contributed by atoms with Gasteiger partial charge in [0.1, 0.15) is 5.52 Å². The first-order chi connectivity index (χ1) is 9.04. The number of nitrogens with one attached hydrogen (secondary N) is 2. The molecular formula is C13H18N4O2. The van der Waals surface area contributed by atoms with Gasteiger partial charge in [0.2, 0.25) is 5.91 Å². The van der Waals surface area contributed by atoms with Crippen molar-refractivity contribution in [3.63, 3.8) is 0 Å². The fourth-order valence-electron chi connectivity index (χ4n) is 1.56. The van der Waals surface area contributed by atoms with Gasteiger partial charge in [-0.1, -0.05) is 13.8 Å². The molecule has 2 aromatic rings. The van der Waals surface area contributed by atoms with Crippen LogP contribution in [0.4, 0.5) is 11.7 Å². The van der Waals surface area contributed by atoms with Crippen LogP contribution in [0.5, 0.6) is 0 Å². The van der Waals surface area contributed by atoms with Crippen LogP contribution < -0.4 is 16.4 Å². The van der Waals surface area contributed by atoms with Gasteiger partial charge in [-0.15, -0.1) is 0 Å². The molecule has 6 heteroatoms. The van der Waals surface area contributed by atoms with E-state index in [-0.39, 0.29) is 12.5 Å². The van der Waals surface area contributed by atoms with Crippen molar-refractivity contribution in [3.05, 3.63) is 18.2 Å². The Kier molecular flexibility index (Phi) is 3.89. The third kappa shape index (κ3) is 3.61. The average molecular weight is 262 g/mol. The number of hydrogen-bond donors (Lipinski definition) is 3. The molecule has 6 nitrogen and oxygen atoms in total. The molecule has 0 aliphatic heterocycles. The summed E-state index contributed by atoms with van der Waals surface area (Å²) in [7, 11) is 0. The second kappa shape index (κ2) is 5.60. The van der Waals surface area contributed by atoms with Gasteiger partial charge in [0, 0.05) is 12.2 Å². The van der Waals surface area contributed by atoms with Crippen molar-refractivity contribution in [3.8, 4) is 0 Å². The molecule has 19 heavy (non-hydrogen) atoms. The number of hydrogen-bond acceptors (Lipinski definition) is 5. The molecule has 0 radical (unpaired) electrons. The quantitative estimate of drug-likeness (QED) is 0.711. The average Bonchev–Trinajstić information content (AvgIpc) is 2.75. The fourth-order valence-corrected chi connectivity index (χ4v) is 1.56. The van der Waals surface area contributed by atoms with Crippen LogP contribution >= 0.6 is 0 Å². The maximum Gasteiger partial charge on any atom is 0.296 e. The predicted molar refractivity (Wildman–Crippen MR) is 74.8 cm³/mol. The summed E-state index contributed by atoms with van der Waals surface area (Å²) in [5.41, 5.74) is 7.59. The number of aromatic nitrogens is 1. The lowest BCUT2D eigenvalue weighted by Gasteiger charge is -2.07. The van der Waals surface area contributed by atoms with Gasteiger partial charge < -0.3 is 20.8 Å². The largest absolute Gasteiger partial charge is 0.424 e. The molecule has 1 heterocycles. The van der Waals surface area contributed by atoms with Gasteiger partial charge in [0.25, 0.3) is 6.01 Å². The first-order valence-corrected chi connectivity index (χ1v) is 6.21. The number of anilines is 2. The van der Waals surface area contributed by atoms with Crippen LogP contribution in [0.1, 0.15) is 13.8 Å². The first kappa shape index (κ1) is 13.2. The van der Waals surface area contributed by atoms with Gasteiger partial charge in [-0.3, -0.25) is 4.79 Å². The monoisotopic (exact) mass is 262 g/mol. The van der Waals surface area contributed by atoms with Gasteiger partial charge in [0.15, 0.2) is 5.58 Å². The van der Waals surface area contributed by atoms with Crippen molar-refractivity contribution >= 4 is 28.7 Å². The van der Waals surface area contributed by atoms with E-state index >= 15 is 0 Å². The molecule has 2 rings (SSSR count). The smallest absolute Gasteiger partial charge is 0.296 e. The van der Waals surface area contributed by atoms with Gasteiger partial charge in [-0.2, -0.15) is 4.98 Å². The molecule has 1 aromatic carbocycles. The Morgan fingerprint density at radius 2 is 2.26 bits per heavy atom. The number of rotatable bonds is 5. The number of nitrogen functional groups attached to an aromatic ring is 1. The fraction of sp³-hybridized carbons (Fsp3) is 0.385. The van der Waals surface area contributed by atoms with Gasteiger partial charge >= 0.3 is 0 Å². The second-order valence-corrected chi connectivity index (χ2v) is 4.80. The molecule has 0 aliphatic carbocycles. The van der Waals surface area contributed by atoms with Crippen LogP contribution in [0.25, 0.3) is 11.1 Å². The number of oxazole rings is 1. The molecule has 0 fully saturated rings. The number of fused-ring (bicyclic) bond motifs is 1. The highest BCUT2D eigenvalue weighted by molar-refractivity contribution is 5.81. The van der Waals surface area contributed by atoms with E-state index in [1.165, 1.54) is 0 Å². The summed E-state index contributed by atoms with van der Waals surface area (Å²) in [5, 5.41) is 5.65. The molecule has 1 aromatic heterocycles. The number of nitrogens with zero attached hydrogens (tertiary/aromatic N) is 1. The topological polar surface area (TPSA) is 93.2 Å². The highest BCUT2D eigenvalue weighted by atomic mass is 16.4. The van der Waals surface area contributed by atoms with E-state index in [0.29, 0.717) is 35.3 Å². The van der Waals surface area contributed by atoms with Crippen molar-refractivity contribution in [2.24, 2.45) is 5.92 Å². The maximum absolute atomic E-state index is 11.5. The lowest BCUT2D eigenvalue weighted by molar-refractivity contribution is -0.119. The summed E-state index contributed by atoms with van der Waals surface area (Å²) in [6, 6.07) is 5.54. The molecule has 1 amide bonds. The Morgan fingerprint density at radius 3 is 3.00 bits per heavy atom. The molecule has 0 bridgehead atoms. The Morgan fingerprint density at radius 1 is 1.47 bits per heavy atom. The zero-order valence-corrected chi connectivity index (χ0v) is 11.1. The minimum atomic E-state index is -0.0875. The Bertz CT molecular complexity index is 577. The summed E-state index contributed by atoms with van der Waals surface area (Å²) in [4.78, 5) is 15.7. The molecule has 102 valence electrons. The lowest BCUT2D eigenvalue weighted by atomic mass is 10.2. The Balaban J connectivity index is 1.92. The van der Waals surface area contributed by atoms with E-state index in [1.807, 2.05) is 13.8 Å². The summed E-state index contributed by atoms with van der Waals surface area (Å²) >= 11 is 0. The zero-order valence-electron chi connectivity index (χ0n) is 11.1. The summed E-state index contributed by atoms with van der Waals surface area (Å²) < 4.78 is 5.44. The third-order valence-corrected chi connectivity index (χ3v) is 2.52.